The number of ether oxygens (including phenoxy) is 1. The summed E-state index contributed by atoms with van der Waals surface area (Å²) in [5, 5.41) is 11.4. The standard InChI is InChI=1S/C18H21NO.C7H8N2O2/c1-3-20-18-11-9-16(10-12-18)19(2)17-8-7-14-5-4-6-15(14)13-17;1-8-6-4-9-3-2-5(6)7(10)11/h7-13H,3-6H2,1-2H3;2-4,8H,1H3,(H,10,11). The lowest BCUT2D eigenvalue weighted by Gasteiger charge is -2.20. The minimum Gasteiger partial charge on any atom is -0.494 e. The fraction of sp³-hybridized carbons (Fsp3) is 0.280. The number of fused-ring (bicyclic) bond motifs is 1. The Morgan fingerprint density at radius 1 is 1.10 bits per heavy atom. The lowest BCUT2D eigenvalue weighted by Crippen LogP contribution is -2.09. The summed E-state index contributed by atoms with van der Waals surface area (Å²) < 4.78 is 5.49. The van der Waals surface area contributed by atoms with E-state index in [-0.39, 0.29) is 5.56 Å². The number of aromatic nitrogens is 1. The molecule has 0 saturated heterocycles. The van der Waals surface area contributed by atoms with Gasteiger partial charge in [-0.05, 0) is 79.8 Å². The molecule has 0 aliphatic heterocycles. The number of hydrogen-bond acceptors (Lipinski definition) is 5. The number of aromatic carboxylic acids is 1. The number of pyridine rings is 1. The zero-order valence-corrected chi connectivity index (χ0v) is 18.3. The van der Waals surface area contributed by atoms with Crippen LogP contribution in [0, 0.1) is 0 Å². The van der Waals surface area contributed by atoms with Gasteiger partial charge in [-0.25, -0.2) is 4.79 Å². The zero-order valence-electron chi connectivity index (χ0n) is 18.3. The Kier molecular flexibility index (Phi) is 7.49. The molecule has 6 nitrogen and oxygen atoms in total. The van der Waals surface area contributed by atoms with Crippen LogP contribution in [0.4, 0.5) is 17.1 Å². The van der Waals surface area contributed by atoms with Gasteiger partial charge in [-0.3, -0.25) is 4.98 Å². The van der Waals surface area contributed by atoms with Gasteiger partial charge >= 0.3 is 5.97 Å². The first-order valence-electron chi connectivity index (χ1n) is 10.5. The van der Waals surface area contributed by atoms with E-state index < -0.39 is 5.97 Å². The van der Waals surface area contributed by atoms with E-state index in [1.807, 2.05) is 19.1 Å². The van der Waals surface area contributed by atoms with Crippen LogP contribution in [0.3, 0.4) is 0 Å². The van der Waals surface area contributed by atoms with E-state index in [0.717, 1.165) is 5.75 Å². The molecule has 3 aromatic rings. The quantitative estimate of drug-likeness (QED) is 0.575. The SMILES string of the molecule is CCOc1ccc(N(C)c2ccc3c(c2)CCC3)cc1.CNc1cnccc1C(=O)O. The molecule has 0 saturated carbocycles. The molecule has 0 unspecified atom stereocenters. The van der Waals surface area contributed by atoms with E-state index in [2.05, 4.69) is 52.6 Å². The van der Waals surface area contributed by atoms with Crippen LogP contribution < -0.4 is 15.0 Å². The van der Waals surface area contributed by atoms with Crippen molar-refractivity contribution in [2.75, 3.05) is 30.9 Å². The number of nitrogens with zero attached hydrogens (tertiary/aromatic N) is 2. The van der Waals surface area contributed by atoms with E-state index in [1.54, 1.807) is 7.05 Å². The Balaban J connectivity index is 0.000000210. The maximum Gasteiger partial charge on any atom is 0.337 e. The monoisotopic (exact) mass is 419 g/mol. The Morgan fingerprint density at radius 3 is 2.45 bits per heavy atom. The highest BCUT2D eigenvalue weighted by molar-refractivity contribution is 5.93. The summed E-state index contributed by atoms with van der Waals surface area (Å²) in [6, 6.07) is 16.6. The van der Waals surface area contributed by atoms with Gasteiger partial charge in [0.05, 0.1) is 24.1 Å². The molecule has 162 valence electrons. The van der Waals surface area contributed by atoms with Gasteiger partial charge in [0, 0.05) is 31.7 Å². The van der Waals surface area contributed by atoms with Crippen LogP contribution >= 0.6 is 0 Å². The summed E-state index contributed by atoms with van der Waals surface area (Å²) in [5.41, 5.74) is 6.25. The van der Waals surface area contributed by atoms with Crippen molar-refractivity contribution >= 4 is 23.0 Å². The van der Waals surface area contributed by atoms with Crippen LogP contribution in [0.2, 0.25) is 0 Å². The average molecular weight is 420 g/mol. The van der Waals surface area contributed by atoms with Gasteiger partial charge in [-0.15, -0.1) is 0 Å². The number of rotatable bonds is 6. The number of hydrogen-bond donors (Lipinski definition) is 2. The molecule has 6 heteroatoms. The van der Waals surface area contributed by atoms with Crippen molar-refractivity contribution in [3.63, 3.8) is 0 Å². The first kappa shape index (κ1) is 22.2. The molecule has 0 radical (unpaired) electrons. The third kappa shape index (κ3) is 5.54. The fourth-order valence-electron chi connectivity index (χ4n) is 3.63. The predicted octanol–water partition coefficient (Wildman–Crippen LogP) is 5.16. The van der Waals surface area contributed by atoms with Gasteiger partial charge in [-0.2, -0.15) is 0 Å². The normalized spacial score (nSPS) is 11.7. The van der Waals surface area contributed by atoms with E-state index in [4.69, 9.17) is 9.84 Å². The van der Waals surface area contributed by atoms with Gasteiger partial charge in [0.25, 0.3) is 0 Å². The van der Waals surface area contributed by atoms with Crippen molar-refractivity contribution in [1.82, 2.24) is 4.98 Å². The van der Waals surface area contributed by atoms with Crippen molar-refractivity contribution in [3.8, 4) is 5.75 Å². The average Bonchev–Trinajstić information content (AvgIpc) is 3.27. The number of carbonyl (C=O) groups is 1. The number of carboxylic acid groups (broad SMARTS) is 1. The Morgan fingerprint density at radius 2 is 1.81 bits per heavy atom. The van der Waals surface area contributed by atoms with E-state index in [1.165, 1.54) is 60.2 Å². The molecule has 2 aromatic carbocycles. The van der Waals surface area contributed by atoms with Gasteiger partial charge < -0.3 is 20.1 Å². The summed E-state index contributed by atoms with van der Waals surface area (Å²) in [7, 11) is 3.77. The molecule has 0 fully saturated rings. The maximum absolute atomic E-state index is 10.5. The van der Waals surface area contributed by atoms with E-state index in [0.29, 0.717) is 12.3 Å². The highest BCUT2D eigenvalue weighted by Crippen LogP contribution is 2.30. The van der Waals surface area contributed by atoms with Crippen LogP contribution in [0.5, 0.6) is 5.75 Å². The van der Waals surface area contributed by atoms with Gasteiger partial charge in [0.2, 0.25) is 0 Å². The fourth-order valence-corrected chi connectivity index (χ4v) is 3.63. The second kappa shape index (κ2) is 10.5. The minimum absolute atomic E-state index is 0.238. The van der Waals surface area contributed by atoms with Gasteiger partial charge in [0.15, 0.2) is 0 Å². The Hall–Kier alpha value is -3.54. The number of nitrogens with one attached hydrogen (secondary N) is 1. The van der Waals surface area contributed by atoms with E-state index >= 15 is 0 Å². The molecule has 1 aliphatic rings. The number of benzene rings is 2. The molecule has 4 rings (SSSR count). The highest BCUT2D eigenvalue weighted by atomic mass is 16.5. The molecular weight excluding hydrogens is 390 g/mol. The van der Waals surface area contributed by atoms with Crippen LogP contribution in [-0.2, 0) is 12.8 Å². The highest BCUT2D eigenvalue weighted by Gasteiger charge is 2.13. The molecular formula is C25H29N3O3. The zero-order chi connectivity index (χ0) is 22.2. The third-order valence-electron chi connectivity index (χ3n) is 5.33. The summed E-state index contributed by atoms with van der Waals surface area (Å²) >= 11 is 0. The topological polar surface area (TPSA) is 74.7 Å². The van der Waals surface area contributed by atoms with Crippen molar-refractivity contribution in [3.05, 3.63) is 77.6 Å². The lowest BCUT2D eigenvalue weighted by atomic mass is 10.1. The molecule has 1 aromatic heterocycles. The molecule has 1 aliphatic carbocycles. The van der Waals surface area contributed by atoms with Crippen LogP contribution in [0.25, 0.3) is 0 Å². The second-order valence-electron chi connectivity index (χ2n) is 7.27. The third-order valence-corrected chi connectivity index (χ3v) is 5.33. The van der Waals surface area contributed by atoms with Gasteiger partial charge in [-0.1, -0.05) is 6.07 Å². The molecule has 31 heavy (non-hydrogen) atoms. The summed E-state index contributed by atoms with van der Waals surface area (Å²) in [4.78, 5) is 16.5. The molecule has 1 heterocycles. The van der Waals surface area contributed by atoms with E-state index in [9.17, 15) is 4.79 Å². The van der Waals surface area contributed by atoms with Crippen molar-refractivity contribution in [2.45, 2.75) is 26.2 Å². The number of anilines is 3. The van der Waals surface area contributed by atoms with Crippen LogP contribution in [0.1, 0.15) is 34.8 Å². The minimum atomic E-state index is -0.947. The number of carboxylic acids is 1. The smallest absolute Gasteiger partial charge is 0.337 e. The predicted molar refractivity (Wildman–Crippen MR) is 125 cm³/mol. The van der Waals surface area contributed by atoms with Crippen molar-refractivity contribution in [1.29, 1.82) is 0 Å². The van der Waals surface area contributed by atoms with Crippen LogP contribution in [-0.4, -0.2) is 36.8 Å². The summed E-state index contributed by atoms with van der Waals surface area (Å²) in [5.74, 6) is -0.0182. The largest absolute Gasteiger partial charge is 0.494 e. The molecule has 0 spiro atoms. The van der Waals surface area contributed by atoms with Crippen LogP contribution in [0.15, 0.2) is 60.9 Å². The Bertz CT molecular complexity index is 1020. The molecule has 0 bridgehead atoms. The Labute approximate surface area is 183 Å². The number of aryl methyl sites for hydroxylation is 2. The second-order valence-corrected chi connectivity index (χ2v) is 7.27. The first-order valence-corrected chi connectivity index (χ1v) is 10.5. The lowest BCUT2D eigenvalue weighted by molar-refractivity contribution is 0.0698. The van der Waals surface area contributed by atoms with Crippen molar-refractivity contribution < 1.29 is 14.6 Å². The van der Waals surface area contributed by atoms with Gasteiger partial charge in [0.1, 0.15) is 5.75 Å². The summed E-state index contributed by atoms with van der Waals surface area (Å²) in [6.07, 6.45) is 6.68. The summed E-state index contributed by atoms with van der Waals surface area (Å²) in [6.45, 7) is 2.71. The molecule has 0 amide bonds. The molecule has 0 atom stereocenters. The first-order chi connectivity index (χ1) is 15.0. The van der Waals surface area contributed by atoms with Crippen molar-refractivity contribution in [2.24, 2.45) is 0 Å². The maximum atomic E-state index is 10.5. The molecule has 2 N–H and O–H groups in total.